The van der Waals surface area contributed by atoms with E-state index in [1.165, 1.54) is 4.88 Å². The van der Waals surface area contributed by atoms with Gasteiger partial charge in [-0.05, 0) is 32.4 Å². The molecule has 0 fully saturated rings. The lowest BCUT2D eigenvalue weighted by Crippen LogP contribution is -2.17. The van der Waals surface area contributed by atoms with Crippen molar-refractivity contribution in [2.75, 3.05) is 7.11 Å². The van der Waals surface area contributed by atoms with Crippen molar-refractivity contribution in [3.8, 4) is 16.3 Å². The van der Waals surface area contributed by atoms with Gasteiger partial charge in [0.25, 0.3) is 0 Å². The summed E-state index contributed by atoms with van der Waals surface area (Å²) in [5, 5.41) is 1.00. The molecule has 0 saturated heterocycles. The van der Waals surface area contributed by atoms with Gasteiger partial charge in [-0.15, -0.1) is 11.3 Å². The SMILES string of the molecule is COc1ccccc1-c1nc(C)c(CC(C)N)s1. The van der Waals surface area contributed by atoms with Gasteiger partial charge in [-0.2, -0.15) is 0 Å². The van der Waals surface area contributed by atoms with Crippen molar-refractivity contribution in [2.24, 2.45) is 5.73 Å². The van der Waals surface area contributed by atoms with Crippen LogP contribution in [0.4, 0.5) is 0 Å². The van der Waals surface area contributed by atoms with E-state index in [4.69, 9.17) is 10.5 Å². The van der Waals surface area contributed by atoms with E-state index in [0.29, 0.717) is 0 Å². The standard InChI is InChI=1S/C14H18N2OS/c1-9(15)8-13-10(2)16-14(18-13)11-6-4-5-7-12(11)17-3/h4-7,9H,8,15H2,1-3H3. The molecule has 1 aromatic carbocycles. The van der Waals surface area contributed by atoms with Crippen LogP contribution in [-0.2, 0) is 6.42 Å². The van der Waals surface area contributed by atoms with Crippen LogP contribution in [0.15, 0.2) is 24.3 Å². The maximum atomic E-state index is 5.85. The number of aromatic nitrogens is 1. The van der Waals surface area contributed by atoms with Crippen molar-refractivity contribution >= 4 is 11.3 Å². The first-order chi connectivity index (χ1) is 8.61. The second kappa shape index (κ2) is 5.50. The molecule has 0 aliphatic rings. The van der Waals surface area contributed by atoms with Gasteiger partial charge < -0.3 is 10.5 Å². The summed E-state index contributed by atoms with van der Waals surface area (Å²) in [6, 6.07) is 8.12. The van der Waals surface area contributed by atoms with Crippen LogP contribution in [0.5, 0.6) is 5.75 Å². The Hall–Kier alpha value is -1.39. The van der Waals surface area contributed by atoms with E-state index < -0.39 is 0 Å². The Bertz CT molecular complexity index is 534. The second-order valence-electron chi connectivity index (χ2n) is 4.41. The van der Waals surface area contributed by atoms with E-state index in [1.807, 2.05) is 38.1 Å². The second-order valence-corrected chi connectivity index (χ2v) is 5.49. The molecule has 0 radical (unpaired) electrons. The molecule has 0 aliphatic heterocycles. The number of hydrogen-bond acceptors (Lipinski definition) is 4. The van der Waals surface area contributed by atoms with E-state index in [9.17, 15) is 0 Å². The van der Waals surface area contributed by atoms with Crippen LogP contribution < -0.4 is 10.5 Å². The number of ether oxygens (including phenoxy) is 1. The van der Waals surface area contributed by atoms with E-state index >= 15 is 0 Å². The molecule has 0 bridgehead atoms. The number of aryl methyl sites for hydroxylation is 1. The molecule has 2 aromatic rings. The van der Waals surface area contributed by atoms with Gasteiger partial charge in [-0.25, -0.2) is 4.98 Å². The van der Waals surface area contributed by atoms with Crippen LogP contribution >= 0.6 is 11.3 Å². The first-order valence-corrected chi connectivity index (χ1v) is 6.78. The Morgan fingerprint density at radius 2 is 2.11 bits per heavy atom. The fourth-order valence-electron chi connectivity index (χ4n) is 1.85. The average Bonchev–Trinajstić information content (AvgIpc) is 2.70. The van der Waals surface area contributed by atoms with Crippen LogP contribution in [0.1, 0.15) is 17.5 Å². The average molecular weight is 262 g/mol. The van der Waals surface area contributed by atoms with E-state index in [0.717, 1.165) is 28.4 Å². The van der Waals surface area contributed by atoms with Crippen molar-refractivity contribution in [3.05, 3.63) is 34.8 Å². The Morgan fingerprint density at radius 3 is 2.78 bits per heavy atom. The molecule has 18 heavy (non-hydrogen) atoms. The minimum absolute atomic E-state index is 0.162. The lowest BCUT2D eigenvalue weighted by molar-refractivity contribution is 0.416. The first-order valence-electron chi connectivity index (χ1n) is 5.97. The molecule has 3 nitrogen and oxygen atoms in total. The molecule has 1 heterocycles. The topological polar surface area (TPSA) is 48.1 Å². The molecule has 2 rings (SSSR count). The lowest BCUT2D eigenvalue weighted by atomic mass is 10.2. The number of thiazole rings is 1. The summed E-state index contributed by atoms with van der Waals surface area (Å²) in [7, 11) is 1.68. The maximum Gasteiger partial charge on any atom is 0.129 e. The lowest BCUT2D eigenvalue weighted by Gasteiger charge is -2.04. The number of benzene rings is 1. The molecule has 0 amide bonds. The monoisotopic (exact) mass is 262 g/mol. The summed E-state index contributed by atoms with van der Waals surface area (Å²) in [6.45, 7) is 4.05. The predicted octanol–water partition coefficient (Wildman–Crippen LogP) is 3.02. The third-order valence-electron chi connectivity index (χ3n) is 2.74. The summed E-state index contributed by atoms with van der Waals surface area (Å²) in [5.41, 5.74) is 7.96. The molecule has 0 aliphatic carbocycles. The Kier molecular flexibility index (Phi) is 3.99. The highest BCUT2D eigenvalue weighted by molar-refractivity contribution is 7.15. The summed E-state index contributed by atoms with van der Waals surface area (Å²) in [6.07, 6.45) is 0.874. The van der Waals surface area contributed by atoms with Gasteiger partial charge in [-0.3, -0.25) is 0 Å². The normalized spacial score (nSPS) is 12.4. The highest BCUT2D eigenvalue weighted by Crippen LogP contribution is 2.34. The fourth-order valence-corrected chi connectivity index (χ4v) is 3.08. The minimum atomic E-state index is 0.162. The predicted molar refractivity (Wildman–Crippen MR) is 76.2 cm³/mol. The number of methoxy groups -OCH3 is 1. The van der Waals surface area contributed by atoms with E-state index in [1.54, 1.807) is 18.4 Å². The number of nitrogens with two attached hydrogens (primary N) is 1. The summed E-state index contributed by atoms with van der Waals surface area (Å²) >= 11 is 1.70. The molecule has 2 N–H and O–H groups in total. The van der Waals surface area contributed by atoms with Crippen LogP contribution in [0.2, 0.25) is 0 Å². The Labute approximate surface area is 112 Å². The van der Waals surface area contributed by atoms with Gasteiger partial charge in [0.15, 0.2) is 0 Å². The molecule has 4 heteroatoms. The number of rotatable bonds is 4. The van der Waals surface area contributed by atoms with Crippen LogP contribution in [0.3, 0.4) is 0 Å². The van der Waals surface area contributed by atoms with Crippen LogP contribution in [-0.4, -0.2) is 18.1 Å². The number of hydrogen-bond donors (Lipinski definition) is 1. The van der Waals surface area contributed by atoms with Gasteiger partial charge >= 0.3 is 0 Å². The largest absolute Gasteiger partial charge is 0.496 e. The zero-order valence-corrected chi connectivity index (χ0v) is 11.8. The summed E-state index contributed by atoms with van der Waals surface area (Å²) < 4.78 is 5.37. The zero-order chi connectivity index (χ0) is 13.1. The smallest absolute Gasteiger partial charge is 0.129 e. The number of para-hydroxylation sites is 1. The third kappa shape index (κ3) is 2.71. The van der Waals surface area contributed by atoms with Crippen molar-refractivity contribution < 1.29 is 4.74 Å². The number of nitrogens with zero attached hydrogens (tertiary/aromatic N) is 1. The van der Waals surface area contributed by atoms with Crippen molar-refractivity contribution in [1.82, 2.24) is 4.98 Å². The summed E-state index contributed by atoms with van der Waals surface area (Å²) in [5.74, 6) is 0.860. The van der Waals surface area contributed by atoms with Gasteiger partial charge in [0.1, 0.15) is 10.8 Å². The first kappa shape index (κ1) is 13.1. The highest BCUT2D eigenvalue weighted by Gasteiger charge is 2.13. The third-order valence-corrected chi connectivity index (χ3v) is 3.95. The molecule has 1 aromatic heterocycles. The minimum Gasteiger partial charge on any atom is -0.496 e. The van der Waals surface area contributed by atoms with Crippen LogP contribution in [0, 0.1) is 6.92 Å². The molecular weight excluding hydrogens is 244 g/mol. The van der Waals surface area contributed by atoms with Gasteiger partial charge in [0.05, 0.1) is 18.4 Å². The van der Waals surface area contributed by atoms with Crippen molar-refractivity contribution in [2.45, 2.75) is 26.3 Å². The molecule has 96 valence electrons. The van der Waals surface area contributed by atoms with E-state index in [-0.39, 0.29) is 6.04 Å². The molecule has 1 atom stereocenters. The van der Waals surface area contributed by atoms with Gasteiger partial charge in [0.2, 0.25) is 0 Å². The maximum absolute atomic E-state index is 5.85. The van der Waals surface area contributed by atoms with Crippen molar-refractivity contribution in [3.63, 3.8) is 0 Å². The zero-order valence-electron chi connectivity index (χ0n) is 10.9. The molecular formula is C14H18N2OS. The van der Waals surface area contributed by atoms with Gasteiger partial charge in [-0.1, -0.05) is 12.1 Å². The fraction of sp³-hybridized carbons (Fsp3) is 0.357. The van der Waals surface area contributed by atoms with E-state index in [2.05, 4.69) is 4.98 Å². The quantitative estimate of drug-likeness (QED) is 0.921. The molecule has 0 spiro atoms. The highest BCUT2D eigenvalue weighted by atomic mass is 32.1. The van der Waals surface area contributed by atoms with Gasteiger partial charge in [0, 0.05) is 10.9 Å². The molecule has 1 unspecified atom stereocenters. The van der Waals surface area contributed by atoms with Crippen LogP contribution in [0.25, 0.3) is 10.6 Å². The molecule has 0 saturated carbocycles. The Morgan fingerprint density at radius 1 is 1.39 bits per heavy atom. The van der Waals surface area contributed by atoms with Crippen molar-refractivity contribution in [1.29, 1.82) is 0 Å². The Balaban J connectivity index is 2.39. The summed E-state index contributed by atoms with van der Waals surface area (Å²) in [4.78, 5) is 5.88.